The number of likely N-dealkylation sites (tertiary alicyclic amines) is 1. The van der Waals surface area contributed by atoms with Crippen molar-refractivity contribution in [3.05, 3.63) is 0 Å². The average molecular weight is 256 g/mol. The van der Waals surface area contributed by atoms with E-state index in [-0.39, 0.29) is 5.41 Å². The van der Waals surface area contributed by atoms with Crippen molar-refractivity contribution < 1.29 is 4.74 Å². The molecular weight excluding hydrogens is 224 g/mol. The molecule has 1 aliphatic heterocycles. The third-order valence-electron chi connectivity index (χ3n) is 3.79. The van der Waals surface area contributed by atoms with Crippen LogP contribution >= 0.6 is 0 Å². The average Bonchev–Trinajstić information content (AvgIpc) is 2.71. The zero-order valence-corrected chi connectivity index (χ0v) is 12.8. The van der Waals surface area contributed by atoms with Crippen molar-refractivity contribution in [2.24, 2.45) is 5.41 Å². The van der Waals surface area contributed by atoms with Crippen LogP contribution in [0.15, 0.2) is 0 Å². The lowest BCUT2D eigenvalue weighted by molar-refractivity contribution is 0.0519. The van der Waals surface area contributed by atoms with Crippen LogP contribution in [0.1, 0.15) is 46.5 Å². The van der Waals surface area contributed by atoms with Crippen molar-refractivity contribution in [1.29, 1.82) is 0 Å². The topological polar surface area (TPSA) is 24.5 Å². The summed E-state index contributed by atoms with van der Waals surface area (Å²) in [4.78, 5) is 2.47. The van der Waals surface area contributed by atoms with E-state index in [1.54, 1.807) is 0 Å². The van der Waals surface area contributed by atoms with Crippen LogP contribution in [0.3, 0.4) is 0 Å². The number of nitrogens with zero attached hydrogens (tertiary/aromatic N) is 1. The summed E-state index contributed by atoms with van der Waals surface area (Å²) < 4.78 is 5.87. The lowest BCUT2D eigenvalue weighted by Crippen LogP contribution is -2.34. The van der Waals surface area contributed by atoms with Crippen LogP contribution in [0.25, 0.3) is 0 Å². The summed E-state index contributed by atoms with van der Waals surface area (Å²) >= 11 is 0. The van der Waals surface area contributed by atoms with E-state index in [1.165, 1.54) is 32.2 Å². The van der Waals surface area contributed by atoms with Gasteiger partial charge in [-0.05, 0) is 45.8 Å². The number of hydrogen-bond donors (Lipinski definition) is 1. The summed E-state index contributed by atoms with van der Waals surface area (Å²) in [6.07, 6.45) is 5.09. The van der Waals surface area contributed by atoms with Crippen molar-refractivity contribution in [3.8, 4) is 0 Å². The van der Waals surface area contributed by atoms with E-state index in [4.69, 9.17) is 4.74 Å². The SMILES string of the molecule is CCCNCC(C)(C)COCCC1CCCN1C. The molecule has 3 nitrogen and oxygen atoms in total. The summed E-state index contributed by atoms with van der Waals surface area (Å²) in [7, 11) is 2.23. The minimum Gasteiger partial charge on any atom is -0.381 e. The molecule has 18 heavy (non-hydrogen) atoms. The fourth-order valence-corrected chi connectivity index (χ4v) is 2.57. The van der Waals surface area contributed by atoms with Gasteiger partial charge in [0.15, 0.2) is 0 Å². The van der Waals surface area contributed by atoms with Crippen LogP contribution in [0, 0.1) is 5.41 Å². The van der Waals surface area contributed by atoms with Gasteiger partial charge in [-0.1, -0.05) is 20.8 Å². The van der Waals surface area contributed by atoms with Gasteiger partial charge in [-0.25, -0.2) is 0 Å². The van der Waals surface area contributed by atoms with Gasteiger partial charge in [0, 0.05) is 24.6 Å². The Morgan fingerprint density at radius 1 is 1.39 bits per heavy atom. The maximum atomic E-state index is 5.87. The van der Waals surface area contributed by atoms with Crippen LogP contribution < -0.4 is 5.32 Å². The Hall–Kier alpha value is -0.120. The first-order valence-electron chi connectivity index (χ1n) is 7.54. The highest BCUT2D eigenvalue weighted by atomic mass is 16.5. The minimum absolute atomic E-state index is 0.247. The molecular formula is C15H32N2O. The highest BCUT2D eigenvalue weighted by molar-refractivity contribution is 4.76. The van der Waals surface area contributed by atoms with Gasteiger partial charge in [-0.3, -0.25) is 0 Å². The molecule has 1 N–H and O–H groups in total. The molecule has 1 unspecified atom stereocenters. The second kappa shape index (κ2) is 8.13. The highest BCUT2D eigenvalue weighted by Gasteiger charge is 2.21. The first-order valence-corrected chi connectivity index (χ1v) is 7.54. The molecule has 0 spiro atoms. The molecule has 0 aromatic rings. The van der Waals surface area contributed by atoms with Gasteiger partial charge in [0.1, 0.15) is 0 Å². The predicted octanol–water partition coefficient (Wildman–Crippen LogP) is 2.51. The van der Waals surface area contributed by atoms with Crippen LogP contribution in [0.2, 0.25) is 0 Å². The fourth-order valence-electron chi connectivity index (χ4n) is 2.57. The smallest absolute Gasteiger partial charge is 0.0529 e. The monoisotopic (exact) mass is 256 g/mol. The van der Waals surface area contributed by atoms with Crippen LogP contribution in [-0.4, -0.2) is 50.8 Å². The maximum Gasteiger partial charge on any atom is 0.0529 e. The number of hydrogen-bond acceptors (Lipinski definition) is 3. The summed E-state index contributed by atoms with van der Waals surface area (Å²) in [5.74, 6) is 0. The van der Waals surface area contributed by atoms with Crippen LogP contribution in [-0.2, 0) is 4.74 Å². The molecule has 108 valence electrons. The second-order valence-corrected chi connectivity index (χ2v) is 6.46. The first kappa shape index (κ1) is 15.9. The van der Waals surface area contributed by atoms with Gasteiger partial charge in [-0.15, -0.1) is 0 Å². The van der Waals surface area contributed by atoms with Gasteiger partial charge in [0.05, 0.1) is 6.61 Å². The quantitative estimate of drug-likeness (QED) is 0.642. The second-order valence-electron chi connectivity index (χ2n) is 6.46. The van der Waals surface area contributed by atoms with Gasteiger partial charge < -0.3 is 15.0 Å². The van der Waals surface area contributed by atoms with Gasteiger partial charge in [-0.2, -0.15) is 0 Å². The van der Waals surface area contributed by atoms with Gasteiger partial charge in [0.2, 0.25) is 0 Å². The predicted molar refractivity (Wildman–Crippen MR) is 78.0 cm³/mol. The molecule has 0 aliphatic carbocycles. The molecule has 1 saturated heterocycles. The Kier molecular flexibility index (Phi) is 7.20. The van der Waals surface area contributed by atoms with Crippen molar-refractivity contribution in [2.45, 2.75) is 52.5 Å². The first-order chi connectivity index (χ1) is 8.55. The van der Waals surface area contributed by atoms with E-state index in [1.807, 2.05) is 0 Å². The number of rotatable bonds is 9. The zero-order valence-electron chi connectivity index (χ0n) is 12.8. The zero-order chi connectivity index (χ0) is 13.4. The Bertz CT molecular complexity index is 219. The van der Waals surface area contributed by atoms with E-state index in [0.717, 1.165) is 32.3 Å². The molecule has 1 rings (SSSR count). The number of ether oxygens (including phenoxy) is 1. The summed E-state index contributed by atoms with van der Waals surface area (Å²) in [6.45, 7) is 11.9. The summed E-state index contributed by atoms with van der Waals surface area (Å²) in [5.41, 5.74) is 0.247. The standard InChI is InChI=1S/C15H32N2O/c1-5-9-16-12-15(2,3)13-18-11-8-14-7-6-10-17(14)4/h14,16H,5-13H2,1-4H3. The third kappa shape index (κ3) is 6.17. The van der Waals surface area contributed by atoms with Crippen LogP contribution in [0.4, 0.5) is 0 Å². The lowest BCUT2D eigenvalue weighted by atomic mass is 9.95. The normalized spacial score (nSPS) is 21.7. The fraction of sp³-hybridized carbons (Fsp3) is 1.00. The minimum atomic E-state index is 0.247. The molecule has 0 radical (unpaired) electrons. The van der Waals surface area contributed by atoms with E-state index in [0.29, 0.717) is 0 Å². The third-order valence-corrected chi connectivity index (χ3v) is 3.79. The summed E-state index contributed by atoms with van der Waals surface area (Å²) in [6, 6.07) is 0.756. The summed E-state index contributed by atoms with van der Waals surface area (Å²) in [5, 5.41) is 3.48. The molecule has 3 heteroatoms. The Balaban J connectivity index is 2.05. The molecule has 0 amide bonds. The van der Waals surface area contributed by atoms with Crippen molar-refractivity contribution in [3.63, 3.8) is 0 Å². The largest absolute Gasteiger partial charge is 0.381 e. The molecule has 0 aromatic carbocycles. The molecule has 0 saturated carbocycles. The molecule has 1 atom stereocenters. The molecule has 1 heterocycles. The van der Waals surface area contributed by atoms with Crippen molar-refractivity contribution in [2.75, 3.05) is 39.9 Å². The Morgan fingerprint density at radius 3 is 2.78 bits per heavy atom. The van der Waals surface area contributed by atoms with E-state index < -0.39 is 0 Å². The van der Waals surface area contributed by atoms with E-state index in [9.17, 15) is 0 Å². The Labute approximate surface area is 113 Å². The number of nitrogens with one attached hydrogen (secondary N) is 1. The van der Waals surface area contributed by atoms with Crippen LogP contribution in [0.5, 0.6) is 0 Å². The molecule has 0 bridgehead atoms. The van der Waals surface area contributed by atoms with Crippen molar-refractivity contribution >= 4 is 0 Å². The lowest BCUT2D eigenvalue weighted by Gasteiger charge is -2.26. The Morgan fingerprint density at radius 2 is 2.17 bits per heavy atom. The van der Waals surface area contributed by atoms with Gasteiger partial charge >= 0.3 is 0 Å². The molecule has 0 aromatic heterocycles. The van der Waals surface area contributed by atoms with E-state index >= 15 is 0 Å². The van der Waals surface area contributed by atoms with Crippen molar-refractivity contribution in [1.82, 2.24) is 10.2 Å². The van der Waals surface area contributed by atoms with E-state index in [2.05, 4.69) is 38.0 Å². The van der Waals surface area contributed by atoms with Gasteiger partial charge in [0.25, 0.3) is 0 Å². The maximum absolute atomic E-state index is 5.87. The highest BCUT2D eigenvalue weighted by Crippen LogP contribution is 2.19. The molecule has 1 fully saturated rings. The molecule has 1 aliphatic rings.